The number of nitrogens with one attached hydrogen (secondary N) is 2. The lowest BCUT2D eigenvalue weighted by Crippen LogP contribution is -2.47. The van der Waals surface area contributed by atoms with Crippen molar-refractivity contribution in [1.29, 1.82) is 0 Å². The van der Waals surface area contributed by atoms with Crippen molar-refractivity contribution in [2.24, 2.45) is 0 Å². The summed E-state index contributed by atoms with van der Waals surface area (Å²) >= 11 is 0. The van der Waals surface area contributed by atoms with Gasteiger partial charge in [0, 0.05) is 32.4 Å². The number of benzene rings is 2. The molecule has 0 aliphatic carbocycles. The van der Waals surface area contributed by atoms with E-state index in [0.29, 0.717) is 37.9 Å². The maximum absolute atomic E-state index is 14.0. The Balaban J connectivity index is 1.69. The number of alkyl halides is 3. The molecule has 0 radical (unpaired) electrons. The second-order valence-electron chi connectivity index (χ2n) is 10.5. The molecule has 0 bridgehead atoms. The first kappa shape index (κ1) is 33.2. The van der Waals surface area contributed by atoms with E-state index in [1.165, 1.54) is 31.4 Å². The molecule has 4 rings (SSSR count). The van der Waals surface area contributed by atoms with Gasteiger partial charge in [0.25, 0.3) is 5.91 Å². The zero-order valence-corrected chi connectivity index (χ0v) is 25.7. The second-order valence-corrected chi connectivity index (χ2v) is 12.5. The molecule has 1 amide bonds. The highest BCUT2D eigenvalue weighted by Crippen LogP contribution is 2.61. The van der Waals surface area contributed by atoms with E-state index in [0.717, 1.165) is 0 Å². The van der Waals surface area contributed by atoms with Gasteiger partial charge in [-0.2, -0.15) is 18.2 Å². The molecule has 3 aromatic rings. The molecule has 1 saturated heterocycles. The number of para-hydroxylation sites is 1. The van der Waals surface area contributed by atoms with Crippen LogP contribution in [0.2, 0.25) is 0 Å². The van der Waals surface area contributed by atoms with Crippen LogP contribution in [0.1, 0.15) is 48.2 Å². The number of ether oxygens (including phenoxy) is 1. The predicted octanol–water partition coefficient (Wildman–Crippen LogP) is 5.57. The van der Waals surface area contributed by atoms with Crippen LogP contribution in [0.5, 0.6) is 5.75 Å². The molecule has 1 aliphatic rings. The van der Waals surface area contributed by atoms with Crippen molar-refractivity contribution in [3.05, 3.63) is 65.4 Å². The van der Waals surface area contributed by atoms with Gasteiger partial charge in [0.05, 0.1) is 29.2 Å². The van der Waals surface area contributed by atoms with Gasteiger partial charge < -0.3 is 35.0 Å². The van der Waals surface area contributed by atoms with Gasteiger partial charge in [0.2, 0.25) is 5.95 Å². The Kier molecular flexibility index (Phi) is 9.89. The van der Waals surface area contributed by atoms with E-state index in [2.05, 4.69) is 25.5 Å². The minimum Gasteiger partial charge on any atom is -0.495 e. The lowest BCUT2D eigenvalue weighted by atomic mass is 9.92. The van der Waals surface area contributed by atoms with Crippen molar-refractivity contribution in [1.82, 2.24) is 19.8 Å². The first-order valence-corrected chi connectivity index (χ1v) is 15.6. The first-order valence-electron chi connectivity index (χ1n) is 14.0. The van der Waals surface area contributed by atoms with Crippen LogP contribution >= 0.6 is 7.60 Å². The average molecular weight is 637 g/mol. The third-order valence-electron chi connectivity index (χ3n) is 8.01. The minimum atomic E-state index is -4.80. The summed E-state index contributed by atoms with van der Waals surface area (Å²) in [7, 11) is -1.26. The van der Waals surface area contributed by atoms with E-state index < -0.39 is 30.3 Å². The fourth-order valence-corrected chi connectivity index (χ4v) is 6.57. The van der Waals surface area contributed by atoms with E-state index in [4.69, 9.17) is 4.74 Å². The van der Waals surface area contributed by atoms with Gasteiger partial charge in [-0.1, -0.05) is 32.0 Å². The Labute approximate surface area is 253 Å². The monoisotopic (exact) mass is 636 g/mol. The van der Waals surface area contributed by atoms with Crippen LogP contribution in [-0.4, -0.2) is 75.8 Å². The number of piperazine rings is 1. The molecule has 2 heterocycles. The summed E-state index contributed by atoms with van der Waals surface area (Å²) in [6.45, 7) is 5.71. The highest BCUT2D eigenvalue weighted by atomic mass is 31.2. The van der Waals surface area contributed by atoms with Crippen LogP contribution in [0, 0.1) is 0 Å². The number of methoxy groups -OCH3 is 1. The maximum atomic E-state index is 14.0. The molecule has 1 aromatic heterocycles. The molecule has 11 nitrogen and oxygen atoms in total. The molecule has 1 fully saturated rings. The van der Waals surface area contributed by atoms with E-state index in [1.54, 1.807) is 36.9 Å². The highest BCUT2D eigenvalue weighted by molar-refractivity contribution is 7.53. The number of anilines is 4. The largest absolute Gasteiger partial charge is 0.495 e. The van der Waals surface area contributed by atoms with E-state index >= 15 is 0 Å². The number of carbonyl (C=O) groups excluding carboxylic acids is 1. The summed E-state index contributed by atoms with van der Waals surface area (Å²) < 4.78 is 60.0. The molecule has 0 spiro atoms. The summed E-state index contributed by atoms with van der Waals surface area (Å²) in [6, 6.07) is 10.8. The summed E-state index contributed by atoms with van der Waals surface area (Å²) in [6.07, 6.45) is -3.84. The Morgan fingerprint density at radius 2 is 1.68 bits per heavy atom. The lowest BCUT2D eigenvalue weighted by Gasteiger charge is -2.33. The molecular formula is C29H36F3N6O5P. The molecule has 0 atom stereocenters. The van der Waals surface area contributed by atoms with Crippen LogP contribution in [0.15, 0.2) is 48.7 Å². The molecule has 0 unspecified atom stereocenters. The predicted molar refractivity (Wildman–Crippen MR) is 161 cm³/mol. The standard InChI is InChI=1S/C29H36F3N6O5P/c1-5-28(6-2,44(40,41)42)19-11-12-23(24(17-19)43-4)35-27-33-18-21(29(30,31)32)25(36-27)34-22-10-8-7-9-20(22)26(39)38-15-13-37(3)14-16-38/h7-12,17-18H,5-6,13-16H2,1-4H3,(H2,40,41,42)(H2,33,34,35,36). The first-order chi connectivity index (χ1) is 20.7. The average Bonchev–Trinajstić information content (AvgIpc) is 2.98. The summed E-state index contributed by atoms with van der Waals surface area (Å²) in [5, 5.41) is 4.12. The molecule has 4 N–H and O–H groups in total. The number of nitrogens with zero attached hydrogens (tertiary/aromatic N) is 4. The van der Waals surface area contributed by atoms with Gasteiger partial charge >= 0.3 is 13.8 Å². The molecule has 44 heavy (non-hydrogen) atoms. The van der Waals surface area contributed by atoms with Crippen molar-refractivity contribution >= 4 is 36.6 Å². The minimum absolute atomic E-state index is 0.154. The van der Waals surface area contributed by atoms with Gasteiger partial charge in [-0.05, 0) is 49.7 Å². The fraction of sp³-hybridized carbons (Fsp3) is 0.414. The molecule has 238 valence electrons. The van der Waals surface area contributed by atoms with Crippen LogP contribution < -0.4 is 15.4 Å². The van der Waals surface area contributed by atoms with Gasteiger partial charge in [0.1, 0.15) is 17.1 Å². The van der Waals surface area contributed by atoms with Crippen molar-refractivity contribution < 1.29 is 37.1 Å². The van der Waals surface area contributed by atoms with Gasteiger partial charge in [-0.25, -0.2) is 4.98 Å². The zero-order chi connectivity index (χ0) is 32.3. The van der Waals surface area contributed by atoms with Gasteiger partial charge in [0.15, 0.2) is 0 Å². The summed E-state index contributed by atoms with van der Waals surface area (Å²) in [5.74, 6) is -0.899. The number of amides is 1. The highest BCUT2D eigenvalue weighted by Gasteiger charge is 2.45. The SMILES string of the molecule is CCC(CC)(c1ccc(Nc2ncc(C(F)(F)F)c(Nc3ccccc3C(=O)N3CCN(C)CC3)n2)c(OC)c1)P(=O)(O)O. The van der Waals surface area contributed by atoms with Gasteiger partial charge in [-0.15, -0.1) is 0 Å². The van der Waals surface area contributed by atoms with E-state index in [9.17, 15) is 32.3 Å². The number of rotatable bonds is 10. The lowest BCUT2D eigenvalue weighted by molar-refractivity contribution is -0.137. The van der Waals surface area contributed by atoms with Crippen LogP contribution in [0.4, 0.5) is 36.3 Å². The van der Waals surface area contributed by atoms with Gasteiger partial charge in [-0.3, -0.25) is 9.36 Å². The van der Waals surface area contributed by atoms with Crippen LogP contribution in [0.25, 0.3) is 0 Å². The summed E-state index contributed by atoms with van der Waals surface area (Å²) in [5.41, 5.74) is -0.156. The van der Waals surface area contributed by atoms with Crippen molar-refractivity contribution in [2.45, 2.75) is 38.0 Å². The number of aromatic nitrogens is 2. The van der Waals surface area contributed by atoms with Crippen molar-refractivity contribution in [3.63, 3.8) is 0 Å². The van der Waals surface area contributed by atoms with E-state index in [1.807, 2.05) is 7.05 Å². The Morgan fingerprint density at radius 1 is 1.02 bits per heavy atom. The van der Waals surface area contributed by atoms with Crippen molar-refractivity contribution in [3.8, 4) is 5.75 Å². The van der Waals surface area contributed by atoms with Crippen LogP contribution in [0.3, 0.4) is 0 Å². The fourth-order valence-electron chi connectivity index (χ4n) is 5.27. The Morgan fingerprint density at radius 3 is 2.27 bits per heavy atom. The number of halogens is 3. The molecule has 1 aliphatic heterocycles. The number of carbonyl (C=O) groups is 1. The number of likely N-dealkylation sites (N-methyl/N-ethyl adjacent to an activating group) is 1. The third kappa shape index (κ3) is 6.83. The van der Waals surface area contributed by atoms with Crippen LogP contribution in [-0.2, 0) is 15.9 Å². The molecule has 2 aromatic carbocycles. The maximum Gasteiger partial charge on any atom is 0.421 e. The second kappa shape index (κ2) is 13.1. The Hall–Kier alpha value is -3.71. The summed E-state index contributed by atoms with van der Waals surface area (Å²) in [4.78, 5) is 45.3. The quantitative estimate of drug-likeness (QED) is 0.209. The van der Waals surface area contributed by atoms with Crippen molar-refractivity contribution in [2.75, 3.05) is 51.0 Å². The third-order valence-corrected chi connectivity index (χ3v) is 10.0. The topological polar surface area (TPSA) is 140 Å². The molecular weight excluding hydrogens is 600 g/mol. The number of hydrogen-bond acceptors (Lipinski definition) is 8. The normalized spacial score (nSPS) is 14.8. The zero-order valence-electron chi connectivity index (χ0n) is 24.9. The number of hydrogen-bond donors (Lipinski definition) is 4. The molecule has 0 saturated carbocycles. The molecule has 15 heteroatoms. The Bertz CT molecular complexity index is 1540. The van der Waals surface area contributed by atoms with E-state index in [-0.39, 0.29) is 47.4 Å². The smallest absolute Gasteiger partial charge is 0.421 e.